The third-order valence-corrected chi connectivity index (χ3v) is 4.78. The Morgan fingerprint density at radius 3 is 2.21 bits per heavy atom. The molecule has 28 heavy (non-hydrogen) atoms. The van der Waals surface area contributed by atoms with Crippen LogP contribution >= 0.6 is 24.8 Å². The van der Waals surface area contributed by atoms with Gasteiger partial charge in [0.2, 0.25) is 0 Å². The van der Waals surface area contributed by atoms with Crippen molar-refractivity contribution in [1.29, 1.82) is 0 Å². The molecule has 1 heterocycles. The summed E-state index contributed by atoms with van der Waals surface area (Å²) >= 11 is 0. The quantitative estimate of drug-likeness (QED) is 0.648. The second kappa shape index (κ2) is 12.7. The molecule has 0 amide bonds. The molecular weight excluding hydrogens is 403 g/mol. The van der Waals surface area contributed by atoms with E-state index < -0.39 is 6.10 Å². The second-order valence-electron chi connectivity index (χ2n) is 7.94. The monoisotopic (exact) mass is 438 g/mol. The van der Waals surface area contributed by atoms with Crippen LogP contribution in [0.5, 0.6) is 11.5 Å². The van der Waals surface area contributed by atoms with Crippen molar-refractivity contribution in [2.45, 2.75) is 32.3 Å². The number of β-amino-alcohol motifs (C(OH)–C–C–N with tert-alkyl or cyclic N) is 2. The zero-order valence-corrected chi connectivity index (χ0v) is 19.0. The van der Waals surface area contributed by atoms with Crippen LogP contribution in [-0.2, 0) is 5.41 Å². The van der Waals surface area contributed by atoms with Crippen LogP contribution in [0.25, 0.3) is 0 Å². The summed E-state index contributed by atoms with van der Waals surface area (Å²) in [7, 11) is 1.66. The average Bonchev–Trinajstić information content (AvgIpc) is 2.61. The number of benzene rings is 1. The van der Waals surface area contributed by atoms with E-state index in [0.29, 0.717) is 6.54 Å². The lowest BCUT2D eigenvalue weighted by Gasteiger charge is -2.35. The van der Waals surface area contributed by atoms with Gasteiger partial charge in [0.1, 0.15) is 24.2 Å². The first-order valence-electron chi connectivity index (χ1n) is 9.38. The van der Waals surface area contributed by atoms with Crippen LogP contribution in [0.4, 0.5) is 0 Å². The Hall–Kier alpha value is -0.760. The summed E-state index contributed by atoms with van der Waals surface area (Å²) in [5.41, 5.74) is 0.999. The summed E-state index contributed by atoms with van der Waals surface area (Å²) in [5, 5.41) is 19.4. The standard InChI is InChI=1S/C20H34N2O4.2ClH/c1-20(2,3)18-13-17(25-4)5-6-19(18)26-15-16(24)14-22-9-7-21(8-10-22)11-12-23;;/h5-6,13,16,23-24H,7-12,14-15H2,1-4H3;2*1H. The Kier molecular flexibility index (Phi) is 12.4. The first-order valence-corrected chi connectivity index (χ1v) is 9.38. The van der Waals surface area contributed by atoms with Gasteiger partial charge in [-0.1, -0.05) is 20.8 Å². The summed E-state index contributed by atoms with van der Waals surface area (Å²) in [6.45, 7) is 11.9. The summed E-state index contributed by atoms with van der Waals surface area (Å²) < 4.78 is 11.3. The third-order valence-electron chi connectivity index (χ3n) is 4.78. The molecule has 1 saturated heterocycles. The number of piperazine rings is 1. The maximum Gasteiger partial charge on any atom is 0.123 e. The van der Waals surface area contributed by atoms with Gasteiger partial charge in [-0.3, -0.25) is 9.80 Å². The van der Waals surface area contributed by atoms with E-state index >= 15 is 0 Å². The van der Waals surface area contributed by atoms with Crippen molar-refractivity contribution in [2.24, 2.45) is 0 Å². The van der Waals surface area contributed by atoms with Crippen LogP contribution in [0.3, 0.4) is 0 Å². The van der Waals surface area contributed by atoms with Crippen molar-refractivity contribution in [3.63, 3.8) is 0 Å². The fourth-order valence-electron chi connectivity index (χ4n) is 3.22. The van der Waals surface area contributed by atoms with Gasteiger partial charge in [0.25, 0.3) is 0 Å². The largest absolute Gasteiger partial charge is 0.497 e. The van der Waals surface area contributed by atoms with Gasteiger partial charge in [0, 0.05) is 44.8 Å². The molecule has 1 unspecified atom stereocenters. The summed E-state index contributed by atoms with van der Waals surface area (Å²) in [4.78, 5) is 4.49. The van der Waals surface area contributed by atoms with Crippen molar-refractivity contribution in [2.75, 3.05) is 59.6 Å². The lowest BCUT2D eigenvalue weighted by atomic mass is 9.86. The number of halogens is 2. The molecule has 6 nitrogen and oxygen atoms in total. The van der Waals surface area contributed by atoms with E-state index in [0.717, 1.165) is 49.8 Å². The highest BCUT2D eigenvalue weighted by atomic mass is 35.5. The van der Waals surface area contributed by atoms with Crippen LogP contribution in [0.2, 0.25) is 0 Å². The van der Waals surface area contributed by atoms with Gasteiger partial charge in [-0.2, -0.15) is 0 Å². The minimum atomic E-state index is -0.533. The molecular formula is C20H36Cl2N2O4. The topological polar surface area (TPSA) is 65.4 Å². The fourth-order valence-corrected chi connectivity index (χ4v) is 3.22. The lowest BCUT2D eigenvalue weighted by Crippen LogP contribution is -2.49. The van der Waals surface area contributed by atoms with Gasteiger partial charge in [-0.15, -0.1) is 24.8 Å². The van der Waals surface area contributed by atoms with Crippen molar-refractivity contribution >= 4 is 24.8 Å². The van der Waals surface area contributed by atoms with Gasteiger partial charge >= 0.3 is 0 Å². The smallest absolute Gasteiger partial charge is 0.123 e. The molecule has 1 atom stereocenters. The van der Waals surface area contributed by atoms with E-state index in [2.05, 4.69) is 30.6 Å². The molecule has 1 aliphatic heterocycles. The van der Waals surface area contributed by atoms with E-state index in [-0.39, 0.29) is 43.4 Å². The molecule has 1 aliphatic rings. The Labute approximate surface area is 181 Å². The van der Waals surface area contributed by atoms with Crippen molar-refractivity contribution in [3.05, 3.63) is 23.8 Å². The third kappa shape index (κ3) is 8.31. The summed E-state index contributed by atoms with van der Waals surface area (Å²) in [6.07, 6.45) is -0.533. The number of ether oxygens (including phenoxy) is 2. The SMILES string of the molecule is COc1ccc(OCC(O)CN2CCN(CCO)CC2)c(C(C)(C)C)c1.Cl.Cl. The van der Waals surface area contributed by atoms with E-state index in [1.807, 2.05) is 18.2 Å². The predicted octanol–water partition coefficient (Wildman–Crippen LogP) is 2.19. The van der Waals surface area contributed by atoms with Crippen molar-refractivity contribution in [3.8, 4) is 11.5 Å². The molecule has 164 valence electrons. The van der Waals surface area contributed by atoms with Crippen molar-refractivity contribution in [1.82, 2.24) is 9.80 Å². The van der Waals surface area contributed by atoms with E-state index in [4.69, 9.17) is 14.6 Å². The second-order valence-corrected chi connectivity index (χ2v) is 7.94. The molecule has 1 aromatic carbocycles. The van der Waals surface area contributed by atoms with Gasteiger partial charge in [0.15, 0.2) is 0 Å². The molecule has 2 N–H and O–H groups in total. The summed E-state index contributed by atoms with van der Waals surface area (Å²) in [6, 6.07) is 5.80. The van der Waals surface area contributed by atoms with Gasteiger partial charge < -0.3 is 19.7 Å². The lowest BCUT2D eigenvalue weighted by molar-refractivity contribution is 0.0424. The number of methoxy groups -OCH3 is 1. The van der Waals surface area contributed by atoms with E-state index in [9.17, 15) is 5.11 Å². The van der Waals surface area contributed by atoms with Gasteiger partial charge in [-0.05, 0) is 23.6 Å². The fraction of sp³-hybridized carbons (Fsp3) is 0.700. The zero-order chi connectivity index (χ0) is 19.2. The van der Waals surface area contributed by atoms with Gasteiger partial charge in [0.05, 0.1) is 13.7 Å². The first kappa shape index (κ1) is 27.2. The Morgan fingerprint density at radius 2 is 1.68 bits per heavy atom. The summed E-state index contributed by atoms with van der Waals surface area (Å²) in [5.74, 6) is 1.61. The molecule has 0 radical (unpaired) electrons. The molecule has 0 spiro atoms. The molecule has 0 aliphatic carbocycles. The van der Waals surface area contributed by atoms with E-state index in [1.165, 1.54) is 0 Å². The maximum absolute atomic E-state index is 10.4. The number of hydrogen-bond acceptors (Lipinski definition) is 6. The van der Waals surface area contributed by atoms with Crippen LogP contribution < -0.4 is 9.47 Å². The predicted molar refractivity (Wildman–Crippen MR) is 118 cm³/mol. The Balaban J connectivity index is 0.00000364. The number of rotatable bonds is 8. The molecule has 8 heteroatoms. The minimum Gasteiger partial charge on any atom is -0.497 e. The van der Waals surface area contributed by atoms with E-state index in [1.54, 1.807) is 7.11 Å². The molecule has 1 aromatic rings. The molecule has 0 aromatic heterocycles. The highest BCUT2D eigenvalue weighted by Crippen LogP contribution is 2.34. The van der Waals surface area contributed by atoms with Crippen LogP contribution in [0.15, 0.2) is 18.2 Å². The maximum atomic E-state index is 10.4. The number of nitrogens with zero attached hydrogens (tertiary/aromatic N) is 2. The molecule has 0 bridgehead atoms. The molecule has 0 saturated carbocycles. The number of aliphatic hydroxyl groups excluding tert-OH is 2. The number of hydrogen-bond donors (Lipinski definition) is 2. The van der Waals surface area contributed by atoms with Crippen LogP contribution in [0, 0.1) is 0 Å². The van der Waals surface area contributed by atoms with Gasteiger partial charge in [-0.25, -0.2) is 0 Å². The number of aliphatic hydroxyl groups is 2. The minimum absolute atomic E-state index is 0. The Bertz CT molecular complexity index is 562. The molecule has 2 rings (SSSR count). The molecule has 1 fully saturated rings. The highest BCUT2D eigenvalue weighted by Gasteiger charge is 2.22. The zero-order valence-electron chi connectivity index (χ0n) is 17.4. The highest BCUT2D eigenvalue weighted by molar-refractivity contribution is 5.85. The van der Waals surface area contributed by atoms with Crippen LogP contribution in [-0.4, -0.2) is 85.7 Å². The normalized spacial score (nSPS) is 16.6. The van der Waals surface area contributed by atoms with Crippen LogP contribution in [0.1, 0.15) is 26.3 Å². The average molecular weight is 439 g/mol. The van der Waals surface area contributed by atoms with Crippen molar-refractivity contribution < 1.29 is 19.7 Å². The Morgan fingerprint density at radius 1 is 1.07 bits per heavy atom. The first-order chi connectivity index (χ1) is 12.3.